The van der Waals surface area contributed by atoms with Crippen LogP contribution in [0.3, 0.4) is 0 Å². The summed E-state index contributed by atoms with van der Waals surface area (Å²) in [6, 6.07) is 10.0. The highest BCUT2D eigenvalue weighted by Gasteiger charge is 2.16. The van der Waals surface area contributed by atoms with E-state index >= 15 is 0 Å². The van der Waals surface area contributed by atoms with Gasteiger partial charge in [0.15, 0.2) is 0 Å². The van der Waals surface area contributed by atoms with Crippen molar-refractivity contribution >= 4 is 28.8 Å². The molecule has 118 valence electrons. The molecule has 2 aromatic heterocycles. The molecule has 0 aliphatic heterocycles. The number of amides is 1. The van der Waals surface area contributed by atoms with Crippen LogP contribution in [0.25, 0.3) is 10.6 Å². The molecule has 0 aliphatic rings. The van der Waals surface area contributed by atoms with Crippen molar-refractivity contribution in [2.24, 2.45) is 7.05 Å². The van der Waals surface area contributed by atoms with Gasteiger partial charge in [-0.2, -0.15) is 5.10 Å². The largest absolute Gasteiger partial charge is 0.346 e. The van der Waals surface area contributed by atoms with Crippen LogP contribution >= 0.6 is 22.9 Å². The monoisotopic (exact) mass is 349 g/mol. The summed E-state index contributed by atoms with van der Waals surface area (Å²) in [5.41, 5.74) is 1.51. The van der Waals surface area contributed by atoms with Crippen molar-refractivity contribution in [3.05, 3.63) is 63.9 Å². The molecule has 2 heterocycles. The van der Waals surface area contributed by atoms with Crippen molar-refractivity contribution < 1.29 is 9.18 Å². The van der Waals surface area contributed by atoms with Crippen LogP contribution in [-0.2, 0) is 13.6 Å². The molecule has 3 rings (SSSR count). The first-order chi connectivity index (χ1) is 11.1. The minimum absolute atomic E-state index is 0.0859. The van der Waals surface area contributed by atoms with E-state index in [1.807, 2.05) is 30.6 Å². The molecule has 7 heteroatoms. The highest BCUT2D eigenvalue weighted by atomic mass is 35.5. The van der Waals surface area contributed by atoms with Crippen LogP contribution in [0.2, 0.25) is 5.02 Å². The Balaban J connectivity index is 1.74. The average molecular weight is 350 g/mol. The van der Waals surface area contributed by atoms with Crippen molar-refractivity contribution in [3.63, 3.8) is 0 Å². The first-order valence-electron chi connectivity index (χ1n) is 6.85. The number of nitrogens with one attached hydrogen (secondary N) is 1. The predicted molar refractivity (Wildman–Crippen MR) is 89.1 cm³/mol. The molecule has 0 aliphatic carbocycles. The van der Waals surface area contributed by atoms with E-state index in [1.54, 1.807) is 16.0 Å². The van der Waals surface area contributed by atoms with Crippen LogP contribution in [0.15, 0.2) is 41.8 Å². The standard InChI is InChI=1S/C16H13ClFN3OS/c1-21-13(14-6-3-7-23-14)8-10(20-21)9-19-16(22)15-11(17)4-2-5-12(15)18/h2-8H,9H2,1H3,(H,19,22). The maximum atomic E-state index is 13.7. The van der Waals surface area contributed by atoms with Crippen LogP contribution in [-0.4, -0.2) is 15.7 Å². The molecule has 1 amide bonds. The fourth-order valence-corrected chi connectivity index (χ4v) is 3.26. The molecule has 1 aromatic carbocycles. The van der Waals surface area contributed by atoms with E-state index in [-0.39, 0.29) is 17.1 Å². The summed E-state index contributed by atoms with van der Waals surface area (Å²) in [6.45, 7) is 0.197. The second-order valence-electron chi connectivity index (χ2n) is 4.90. The van der Waals surface area contributed by atoms with Gasteiger partial charge in [0.25, 0.3) is 5.91 Å². The lowest BCUT2D eigenvalue weighted by Crippen LogP contribution is -2.24. The number of thiophene rings is 1. The molecule has 0 fully saturated rings. The fraction of sp³-hybridized carbons (Fsp3) is 0.125. The summed E-state index contributed by atoms with van der Waals surface area (Å²) in [6.07, 6.45) is 0. The van der Waals surface area contributed by atoms with Gasteiger partial charge in [0, 0.05) is 7.05 Å². The Morgan fingerprint density at radius 3 is 2.91 bits per heavy atom. The molecule has 4 nitrogen and oxygen atoms in total. The van der Waals surface area contributed by atoms with Gasteiger partial charge in [0.05, 0.1) is 33.4 Å². The van der Waals surface area contributed by atoms with Crippen LogP contribution in [0.4, 0.5) is 4.39 Å². The molecule has 0 unspecified atom stereocenters. The number of carbonyl (C=O) groups is 1. The number of benzene rings is 1. The minimum Gasteiger partial charge on any atom is -0.346 e. The number of halogens is 2. The second-order valence-corrected chi connectivity index (χ2v) is 6.26. The number of hydrogen-bond acceptors (Lipinski definition) is 3. The lowest BCUT2D eigenvalue weighted by atomic mass is 10.2. The van der Waals surface area contributed by atoms with E-state index in [9.17, 15) is 9.18 Å². The van der Waals surface area contributed by atoms with E-state index in [4.69, 9.17) is 11.6 Å². The lowest BCUT2D eigenvalue weighted by molar-refractivity contribution is 0.0946. The minimum atomic E-state index is -0.643. The molecular formula is C16H13ClFN3OS. The Labute approximate surface area is 141 Å². The quantitative estimate of drug-likeness (QED) is 0.777. The van der Waals surface area contributed by atoms with Crippen LogP contribution in [0.1, 0.15) is 16.1 Å². The summed E-state index contributed by atoms with van der Waals surface area (Å²) in [5.74, 6) is -1.20. The number of carbonyl (C=O) groups excluding carboxylic acids is 1. The van der Waals surface area contributed by atoms with E-state index in [2.05, 4.69) is 10.4 Å². The average Bonchev–Trinajstić information content (AvgIpc) is 3.14. The van der Waals surface area contributed by atoms with E-state index in [0.717, 1.165) is 10.6 Å². The summed E-state index contributed by atoms with van der Waals surface area (Å²) in [4.78, 5) is 13.2. The molecular weight excluding hydrogens is 337 g/mol. The van der Waals surface area contributed by atoms with Crippen molar-refractivity contribution in [3.8, 4) is 10.6 Å². The van der Waals surface area contributed by atoms with Gasteiger partial charge in [0.2, 0.25) is 0 Å². The summed E-state index contributed by atoms with van der Waals surface area (Å²) in [7, 11) is 1.84. The zero-order chi connectivity index (χ0) is 16.4. The van der Waals surface area contributed by atoms with Crippen LogP contribution < -0.4 is 5.32 Å². The third-order valence-electron chi connectivity index (χ3n) is 3.32. The molecule has 0 atom stereocenters. The maximum Gasteiger partial charge on any atom is 0.256 e. The van der Waals surface area contributed by atoms with Gasteiger partial charge in [0.1, 0.15) is 5.82 Å². The normalized spacial score (nSPS) is 10.7. The van der Waals surface area contributed by atoms with Gasteiger partial charge in [-0.1, -0.05) is 23.7 Å². The first-order valence-corrected chi connectivity index (χ1v) is 8.11. The molecule has 1 N–H and O–H groups in total. The van der Waals surface area contributed by atoms with Crippen molar-refractivity contribution in [1.82, 2.24) is 15.1 Å². The predicted octanol–water partition coefficient (Wildman–Crippen LogP) is 3.87. The first kappa shape index (κ1) is 15.7. The second kappa shape index (κ2) is 6.52. The summed E-state index contributed by atoms with van der Waals surface area (Å²) in [5, 5.41) is 9.08. The number of rotatable bonds is 4. The fourth-order valence-electron chi connectivity index (χ4n) is 2.24. The summed E-state index contributed by atoms with van der Waals surface area (Å²) < 4.78 is 15.5. The van der Waals surface area contributed by atoms with Gasteiger partial charge < -0.3 is 5.32 Å². The smallest absolute Gasteiger partial charge is 0.256 e. The molecule has 0 radical (unpaired) electrons. The molecule has 0 saturated heterocycles. The van der Waals surface area contributed by atoms with Gasteiger partial charge in [-0.25, -0.2) is 4.39 Å². The van der Waals surface area contributed by atoms with Crippen molar-refractivity contribution in [2.45, 2.75) is 6.54 Å². The molecule has 23 heavy (non-hydrogen) atoms. The van der Waals surface area contributed by atoms with E-state index < -0.39 is 11.7 Å². The van der Waals surface area contributed by atoms with Gasteiger partial charge in [-0.3, -0.25) is 9.48 Å². The number of nitrogens with zero attached hydrogens (tertiary/aromatic N) is 2. The number of hydrogen-bond donors (Lipinski definition) is 1. The van der Waals surface area contributed by atoms with Gasteiger partial charge in [-0.15, -0.1) is 11.3 Å². The molecule has 3 aromatic rings. The Bertz CT molecular complexity index is 825. The third kappa shape index (κ3) is 3.28. The highest BCUT2D eigenvalue weighted by molar-refractivity contribution is 7.13. The van der Waals surface area contributed by atoms with E-state index in [1.165, 1.54) is 18.2 Å². The lowest BCUT2D eigenvalue weighted by Gasteiger charge is -2.06. The Kier molecular flexibility index (Phi) is 4.45. The number of aromatic nitrogens is 2. The summed E-state index contributed by atoms with van der Waals surface area (Å²) >= 11 is 7.50. The van der Waals surface area contributed by atoms with Gasteiger partial charge >= 0.3 is 0 Å². The zero-order valence-electron chi connectivity index (χ0n) is 12.2. The Hall–Kier alpha value is -2.18. The molecule has 0 spiro atoms. The van der Waals surface area contributed by atoms with Crippen molar-refractivity contribution in [1.29, 1.82) is 0 Å². The van der Waals surface area contributed by atoms with E-state index in [0.29, 0.717) is 5.69 Å². The van der Waals surface area contributed by atoms with Crippen LogP contribution in [0, 0.1) is 5.82 Å². The van der Waals surface area contributed by atoms with Crippen LogP contribution in [0.5, 0.6) is 0 Å². The van der Waals surface area contributed by atoms with Gasteiger partial charge in [-0.05, 0) is 29.6 Å². The topological polar surface area (TPSA) is 46.9 Å². The molecule has 0 bridgehead atoms. The third-order valence-corrected chi connectivity index (χ3v) is 4.53. The maximum absolute atomic E-state index is 13.7. The Morgan fingerprint density at radius 2 is 2.22 bits per heavy atom. The SMILES string of the molecule is Cn1nc(CNC(=O)c2c(F)cccc2Cl)cc1-c1cccs1. The molecule has 0 saturated carbocycles. The zero-order valence-corrected chi connectivity index (χ0v) is 13.8. The Morgan fingerprint density at radius 1 is 1.39 bits per heavy atom. The highest BCUT2D eigenvalue weighted by Crippen LogP contribution is 2.25. The number of aryl methyl sites for hydroxylation is 1. The van der Waals surface area contributed by atoms with Crippen molar-refractivity contribution in [2.75, 3.05) is 0 Å².